The normalized spacial score (nSPS) is 9.15. The van der Waals surface area contributed by atoms with Crippen LogP contribution in [-0.4, -0.2) is 6.10 Å². The van der Waals surface area contributed by atoms with Crippen molar-refractivity contribution in [2.45, 2.75) is 26.9 Å². The number of halogens is 1. The molecule has 0 aliphatic heterocycles. The third kappa shape index (κ3) is 6.23. The Bertz CT molecular complexity index is 238. The van der Waals surface area contributed by atoms with E-state index in [2.05, 4.69) is 19.7 Å². The topological polar surface area (TPSA) is 9.23 Å². The third-order valence-electron chi connectivity index (χ3n) is 1.29. The van der Waals surface area contributed by atoms with Crippen LogP contribution in [0.2, 0.25) is 0 Å². The maximum absolute atomic E-state index is 5.48. The minimum absolute atomic E-state index is 0.247. The summed E-state index contributed by atoms with van der Waals surface area (Å²) in [5.41, 5.74) is 1.11. The SMILES string of the molecule is Cc1[c-]ccc(OC(C)C)c1.[Zn+][Br]. The van der Waals surface area contributed by atoms with Gasteiger partial charge in [0, 0.05) is 5.75 Å². The zero-order valence-corrected chi connectivity index (χ0v) is 12.9. The van der Waals surface area contributed by atoms with Gasteiger partial charge in [-0.15, -0.1) is 12.1 Å². The van der Waals surface area contributed by atoms with Crippen LogP contribution in [0.25, 0.3) is 0 Å². The van der Waals surface area contributed by atoms with E-state index >= 15 is 0 Å². The Morgan fingerprint density at radius 2 is 2.08 bits per heavy atom. The van der Waals surface area contributed by atoms with Gasteiger partial charge in [-0.3, -0.25) is 0 Å². The first-order chi connectivity index (χ1) is 6.18. The van der Waals surface area contributed by atoms with Crippen LogP contribution in [0.5, 0.6) is 5.75 Å². The fourth-order valence-electron chi connectivity index (χ4n) is 0.904. The molecule has 0 saturated carbocycles. The Hall–Kier alpha value is 0.123. The Morgan fingerprint density at radius 1 is 1.46 bits per heavy atom. The Morgan fingerprint density at radius 3 is 2.54 bits per heavy atom. The Labute approximate surface area is 96.9 Å². The zero-order chi connectivity index (χ0) is 10.3. The van der Waals surface area contributed by atoms with Crippen LogP contribution in [0, 0.1) is 13.0 Å². The van der Waals surface area contributed by atoms with Crippen molar-refractivity contribution in [3.05, 3.63) is 29.8 Å². The van der Waals surface area contributed by atoms with E-state index in [1.54, 1.807) is 0 Å². The van der Waals surface area contributed by atoms with E-state index in [-0.39, 0.29) is 6.10 Å². The molecule has 0 bridgehead atoms. The first-order valence-electron chi connectivity index (χ1n) is 4.10. The van der Waals surface area contributed by atoms with Crippen molar-refractivity contribution in [3.63, 3.8) is 0 Å². The van der Waals surface area contributed by atoms with Crippen LogP contribution in [-0.2, 0) is 16.3 Å². The van der Waals surface area contributed by atoms with Crippen LogP contribution < -0.4 is 4.74 Å². The molecule has 0 amide bonds. The van der Waals surface area contributed by atoms with Crippen molar-refractivity contribution in [1.82, 2.24) is 0 Å². The van der Waals surface area contributed by atoms with Crippen LogP contribution in [0.1, 0.15) is 19.4 Å². The quantitative estimate of drug-likeness (QED) is 0.600. The molecular formula is C10H13BrOZn. The summed E-state index contributed by atoms with van der Waals surface area (Å²) in [6.07, 6.45) is 0.247. The first kappa shape index (κ1) is 13.1. The standard InChI is InChI=1S/C10H13O.BrH.Zn/c1-8(2)11-10-6-4-5-9(3)7-10;;/h4,6-8H,1-3H3;1H;/q-1;;+2/p-1. The van der Waals surface area contributed by atoms with E-state index in [1.807, 2.05) is 39.0 Å². The Kier molecular flexibility index (Phi) is 7.59. The minimum atomic E-state index is 0.247. The van der Waals surface area contributed by atoms with E-state index in [0.29, 0.717) is 0 Å². The molecule has 1 aromatic rings. The summed E-state index contributed by atoms with van der Waals surface area (Å²) in [7, 11) is 0. The van der Waals surface area contributed by atoms with Crippen molar-refractivity contribution < 1.29 is 21.1 Å². The van der Waals surface area contributed by atoms with Gasteiger partial charge in [0.25, 0.3) is 0 Å². The molecule has 0 radical (unpaired) electrons. The van der Waals surface area contributed by atoms with Gasteiger partial charge < -0.3 is 4.74 Å². The van der Waals surface area contributed by atoms with Gasteiger partial charge in [-0.25, -0.2) is 0 Å². The van der Waals surface area contributed by atoms with Gasteiger partial charge in [0.05, 0.1) is 6.10 Å². The zero-order valence-electron chi connectivity index (χ0n) is 8.30. The van der Waals surface area contributed by atoms with Gasteiger partial charge >= 0.3 is 30.0 Å². The number of benzene rings is 1. The molecule has 0 spiro atoms. The van der Waals surface area contributed by atoms with Crippen molar-refractivity contribution in [2.75, 3.05) is 0 Å². The number of aryl methyl sites for hydroxylation is 1. The third-order valence-corrected chi connectivity index (χ3v) is 1.29. The van der Waals surface area contributed by atoms with Crippen molar-refractivity contribution in [1.29, 1.82) is 0 Å². The van der Waals surface area contributed by atoms with E-state index in [1.165, 1.54) is 16.3 Å². The average molecular weight is 295 g/mol. The number of hydrogen-bond acceptors (Lipinski definition) is 1. The van der Waals surface area contributed by atoms with Crippen molar-refractivity contribution in [3.8, 4) is 5.75 Å². The fraction of sp³-hybridized carbons (Fsp3) is 0.400. The molecule has 0 aliphatic carbocycles. The molecule has 0 saturated heterocycles. The summed E-state index contributed by atoms with van der Waals surface area (Å²) in [4.78, 5) is 0. The van der Waals surface area contributed by atoms with E-state index in [9.17, 15) is 0 Å². The molecule has 0 atom stereocenters. The molecule has 0 aromatic heterocycles. The second-order valence-corrected chi connectivity index (χ2v) is 2.87. The molecule has 0 fully saturated rings. The number of hydrogen-bond donors (Lipinski definition) is 0. The summed E-state index contributed by atoms with van der Waals surface area (Å²) in [6, 6.07) is 8.86. The molecule has 0 heterocycles. The van der Waals surface area contributed by atoms with Crippen LogP contribution >= 0.6 is 13.6 Å². The summed E-state index contributed by atoms with van der Waals surface area (Å²) in [5, 5.41) is 0. The predicted octanol–water partition coefficient (Wildman–Crippen LogP) is 3.43. The second-order valence-electron chi connectivity index (χ2n) is 2.87. The van der Waals surface area contributed by atoms with Gasteiger partial charge in [0.2, 0.25) is 0 Å². The van der Waals surface area contributed by atoms with Gasteiger partial charge in [0.1, 0.15) is 0 Å². The van der Waals surface area contributed by atoms with E-state index < -0.39 is 0 Å². The predicted molar refractivity (Wildman–Crippen MR) is 54.7 cm³/mol. The summed E-state index contributed by atoms with van der Waals surface area (Å²) < 4.78 is 5.48. The van der Waals surface area contributed by atoms with Crippen molar-refractivity contribution in [2.24, 2.45) is 0 Å². The molecular weight excluding hydrogens is 281 g/mol. The maximum atomic E-state index is 5.48. The van der Waals surface area contributed by atoms with Crippen LogP contribution in [0.3, 0.4) is 0 Å². The molecule has 0 aliphatic rings. The molecule has 1 nitrogen and oxygen atoms in total. The fourth-order valence-corrected chi connectivity index (χ4v) is 0.904. The summed E-state index contributed by atoms with van der Waals surface area (Å²) >= 11 is 4.25. The van der Waals surface area contributed by atoms with Gasteiger partial charge in [0.15, 0.2) is 0 Å². The van der Waals surface area contributed by atoms with E-state index in [0.717, 1.165) is 11.3 Å². The number of ether oxygens (including phenoxy) is 1. The van der Waals surface area contributed by atoms with Gasteiger partial charge in [-0.05, 0) is 13.8 Å². The second kappa shape index (κ2) is 7.52. The molecule has 0 unspecified atom stereocenters. The van der Waals surface area contributed by atoms with Gasteiger partial charge in [-0.1, -0.05) is 6.92 Å². The molecule has 13 heavy (non-hydrogen) atoms. The molecule has 0 N–H and O–H groups in total. The molecule has 1 aromatic carbocycles. The molecule has 3 heteroatoms. The van der Waals surface area contributed by atoms with Crippen LogP contribution in [0.4, 0.5) is 0 Å². The molecule has 68 valence electrons. The Balaban J connectivity index is 0.000000671. The van der Waals surface area contributed by atoms with Gasteiger partial charge in [-0.2, -0.15) is 17.7 Å². The first-order valence-corrected chi connectivity index (χ1v) is 11.0. The molecule has 1 rings (SSSR count). The summed E-state index contributed by atoms with van der Waals surface area (Å²) in [5.74, 6) is 0.927. The van der Waals surface area contributed by atoms with Crippen LogP contribution in [0.15, 0.2) is 18.2 Å². The summed E-state index contributed by atoms with van der Waals surface area (Å²) in [6.45, 7) is 6.05. The van der Waals surface area contributed by atoms with E-state index in [4.69, 9.17) is 4.74 Å². The monoisotopic (exact) mass is 292 g/mol. The number of rotatable bonds is 2. The average Bonchev–Trinajstić information content (AvgIpc) is 2.06. The van der Waals surface area contributed by atoms with Crippen molar-refractivity contribution >= 4 is 13.6 Å².